The molecule has 1 unspecified atom stereocenters. The van der Waals surface area contributed by atoms with Gasteiger partial charge in [-0.05, 0) is 32.1 Å². The predicted octanol–water partition coefficient (Wildman–Crippen LogP) is 2.42. The van der Waals surface area contributed by atoms with E-state index in [2.05, 4.69) is 5.32 Å². The van der Waals surface area contributed by atoms with E-state index in [1.807, 2.05) is 6.92 Å². The number of hydrogen-bond donors (Lipinski definition) is 1. The van der Waals surface area contributed by atoms with Crippen molar-refractivity contribution in [2.75, 3.05) is 6.54 Å². The Hall–Kier alpha value is -0.780. The molecule has 2 fully saturated rings. The molecule has 1 aliphatic heterocycles. The number of nitrogens with one attached hydrogen (secondary N) is 1. The Bertz CT molecular complexity index is 326. The van der Waals surface area contributed by atoms with Crippen LogP contribution in [0.1, 0.15) is 45.4 Å². The summed E-state index contributed by atoms with van der Waals surface area (Å²) in [5.41, 5.74) is -0.356. The molecule has 1 amide bonds. The Morgan fingerprint density at radius 2 is 2.06 bits per heavy atom. The van der Waals surface area contributed by atoms with Crippen LogP contribution in [-0.2, 0) is 4.79 Å². The fourth-order valence-electron chi connectivity index (χ4n) is 2.55. The monoisotopic (exact) mass is 264 g/mol. The van der Waals surface area contributed by atoms with Gasteiger partial charge >= 0.3 is 6.18 Å². The van der Waals surface area contributed by atoms with Gasteiger partial charge in [-0.3, -0.25) is 10.1 Å². The second-order valence-corrected chi connectivity index (χ2v) is 5.22. The van der Waals surface area contributed by atoms with E-state index in [0.29, 0.717) is 13.0 Å². The lowest BCUT2D eigenvalue weighted by atomic mass is 10.2. The molecule has 1 spiro atoms. The van der Waals surface area contributed by atoms with Crippen LogP contribution in [0.15, 0.2) is 0 Å². The summed E-state index contributed by atoms with van der Waals surface area (Å²) in [6, 6.07) is 0. The molecule has 0 aromatic carbocycles. The summed E-state index contributed by atoms with van der Waals surface area (Å²) in [4.78, 5) is 13.8. The van der Waals surface area contributed by atoms with Crippen LogP contribution in [0.3, 0.4) is 0 Å². The molecule has 0 bridgehead atoms. The molecule has 6 heteroatoms. The van der Waals surface area contributed by atoms with Crippen LogP contribution in [0.5, 0.6) is 0 Å². The van der Waals surface area contributed by atoms with E-state index in [1.165, 1.54) is 0 Å². The highest BCUT2D eigenvalue weighted by Gasteiger charge is 2.58. The molecule has 1 N–H and O–H groups in total. The highest BCUT2D eigenvalue weighted by atomic mass is 19.4. The molecule has 1 atom stereocenters. The van der Waals surface area contributed by atoms with Gasteiger partial charge in [0.25, 0.3) is 0 Å². The standard InChI is InChI=1S/C12H19F3N2O/c1-2-9-16-11(6-7-11)10(18)17(9)8-4-3-5-12(13,14)15/h9,16H,2-8H2,1H3. The van der Waals surface area contributed by atoms with Gasteiger partial charge in [-0.15, -0.1) is 0 Å². The molecule has 2 aliphatic rings. The van der Waals surface area contributed by atoms with Crippen LogP contribution in [0.4, 0.5) is 13.2 Å². The van der Waals surface area contributed by atoms with Crippen LogP contribution in [0.2, 0.25) is 0 Å². The normalized spacial score (nSPS) is 26.1. The van der Waals surface area contributed by atoms with Gasteiger partial charge in [-0.2, -0.15) is 13.2 Å². The number of halogens is 3. The molecular weight excluding hydrogens is 245 g/mol. The number of carbonyl (C=O) groups excluding carboxylic acids is 1. The van der Waals surface area contributed by atoms with Gasteiger partial charge < -0.3 is 4.90 Å². The fraction of sp³-hybridized carbons (Fsp3) is 0.917. The van der Waals surface area contributed by atoms with E-state index in [1.54, 1.807) is 4.90 Å². The molecular formula is C12H19F3N2O. The van der Waals surface area contributed by atoms with E-state index in [4.69, 9.17) is 0 Å². The van der Waals surface area contributed by atoms with Gasteiger partial charge in [0.1, 0.15) is 0 Å². The van der Waals surface area contributed by atoms with Crippen molar-refractivity contribution in [3.8, 4) is 0 Å². The summed E-state index contributed by atoms with van der Waals surface area (Å²) in [5.74, 6) is 0.0846. The first-order valence-corrected chi connectivity index (χ1v) is 6.53. The summed E-state index contributed by atoms with van der Waals surface area (Å²) in [6.45, 7) is 2.41. The highest BCUT2D eigenvalue weighted by molar-refractivity contribution is 5.91. The van der Waals surface area contributed by atoms with Crippen molar-refractivity contribution in [3.63, 3.8) is 0 Å². The number of amides is 1. The van der Waals surface area contributed by atoms with Crippen molar-refractivity contribution in [1.82, 2.24) is 10.2 Å². The van der Waals surface area contributed by atoms with Crippen molar-refractivity contribution >= 4 is 5.91 Å². The largest absolute Gasteiger partial charge is 0.389 e. The second kappa shape index (κ2) is 4.72. The van der Waals surface area contributed by atoms with Crippen LogP contribution in [-0.4, -0.2) is 35.2 Å². The molecule has 0 radical (unpaired) electrons. The minimum atomic E-state index is -4.09. The Balaban J connectivity index is 1.79. The fourth-order valence-corrected chi connectivity index (χ4v) is 2.55. The maximum Gasteiger partial charge on any atom is 0.389 e. The Morgan fingerprint density at radius 1 is 1.39 bits per heavy atom. The molecule has 104 valence electrons. The topological polar surface area (TPSA) is 32.3 Å². The molecule has 1 aliphatic carbocycles. The number of rotatable bonds is 5. The minimum absolute atomic E-state index is 0.00545. The van der Waals surface area contributed by atoms with Gasteiger partial charge in [0, 0.05) is 13.0 Å². The first-order valence-electron chi connectivity index (χ1n) is 6.53. The van der Waals surface area contributed by atoms with Crippen molar-refractivity contribution in [3.05, 3.63) is 0 Å². The van der Waals surface area contributed by atoms with Crippen molar-refractivity contribution < 1.29 is 18.0 Å². The third-order valence-electron chi connectivity index (χ3n) is 3.74. The molecule has 18 heavy (non-hydrogen) atoms. The first-order chi connectivity index (χ1) is 8.38. The third kappa shape index (κ3) is 2.79. The lowest BCUT2D eigenvalue weighted by molar-refractivity contribution is -0.136. The number of alkyl halides is 3. The molecule has 0 aromatic heterocycles. The average Bonchev–Trinajstić information content (AvgIpc) is 3.00. The summed E-state index contributed by atoms with van der Waals surface area (Å²) < 4.78 is 36.0. The zero-order chi connectivity index (χ0) is 13.4. The number of unbranched alkanes of at least 4 members (excludes halogenated alkanes) is 1. The lowest BCUT2D eigenvalue weighted by Crippen LogP contribution is -2.37. The maximum absolute atomic E-state index is 12.1. The van der Waals surface area contributed by atoms with Gasteiger partial charge in [0.2, 0.25) is 5.91 Å². The van der Waals surface area contributed by atoms with Crippen LogP contribution in [0.25, 0.3) is 0 Å². The molecule has 1 saturated carbocycles. The second-order valence-electron chi connectivity index (χ2n) is 5.22. The summed E-state index contributed by atoms with van der Waals surface area (Å²) in [5, 5.41) is 3.30. The summed E-state index contributed by atoms with van der Waals surface area (Å²) >= 11 is 0. The SMILES string of the molecule is CCC1NC2(CC2)C(=O)N1CCCCC(F)(F)F. The van der Waals surface area contributed by atoms with Gasteiger partial charge in [0.15, 0.2) is 0 Å². The van der Waals surface area contributed by atoms with Crippen molar-refractivity contribution in [2.45, 2.75) is 63.3 Å². The number of carbonyl (C=O) groups is 1. The Labute approximate surface area is 105 Å². The first kappa shape index (κ1) is 13.6. The Kier molecular flexibility index (Phi) is 3.58. The molecule has 1 saturated heterocycles. The van der Waals surface area contributed by atoms with E-state index in [0.717, 1.165) is 19.3 Å². The zero-order valence-corrected chi connectivity index (χ0v) is 10.5. The molecule has 2 rings (SSSR count). The predicted molar refractivity (Wildman–Crippen MR) is 60.8 cm³/mol. The van der Waals surface area contributed by atoms with Crippen LogP contribution >= 0.6 is 0 Å². The van der Waals surface area contributed by atoms with Crippen molar-refractivity contribution in [2.24, 2.45) is 0 Å². The highest BCUT2D eigenvalue weighted by Crippen LogP contribution is 2.42. The van der Waals surface area contributed by atoms with E-state index >= 15 is 0 Å². The molecule has 1 heterocycles. The Morgan fingerprint density at radius 3 is 2.56 bits per heavy atom. The van der Waals surface area contributed by atoms with Crippen LogP contribution < -0.4 is 5.32 Å². The van der Waals surface area contributed by atoms with Crippen molar-refractivity contribution in [1.29, 1.82) is 0 Å². The van der Waals surface area contributed by atoms with E-state index in [-0.39, 0.29) is 24.0 Å². The number of hydrogen-bond acceptors (Lipinski definition) is 2. The summed E-state index contributed by atoms with van der Waals surface area (Å²) in [6.07, 6.45) is -1.81. The quantitative estimate of drug-likeness (QED) is 0.773. The van der Waals surface area contributed by atoms with Gasteiger partial charge in [0.05, 0.1) is 11.7 Å². The van der Waals surface area contributed by atoms with Crippen LogP contribution in [0, 0.1) is 0 Å². The third-order valence-corrected chi connectivity index (χ3v) is 3.74. The average molecular weight is 264 g/mol. The summed E-state index contributed by atoms with van der Waals surface area (Å²) in [7, 11) is 0. The van der Waals surface area contributed by atoms with E-state index < -0.39 is 12.6 Å². The lowest BCUT2D eigenvalue weighted by Gasteiger charge is -2.23. The number of nitrogens with zero attached hydrogens (tertiary/aromatic N) is 1. The van der Waals surface area contributed by atoms with E-state index in [9.17, 15) is 18.0 Å². The zero-order valence-electron chi connectivity index (χ0n) is 10.5. The van der Waals surface area contributed by atoms with Gasteiger partial charge in [-0.25, -0.2) is 0 Å². The maximum atomic E-state index is 12.1. The molecule has 3 nitrogen and oxygen atoms in total. The molecule has 0 aromatic rings. The minimum Gasteiger partial charge on any atom is -0.326 e. The smallest absolute Gasteiger partial charge is 0.326 e. The van der Waals surface area contributed by atoms with Gasteiger partial charge in [-0.1, -0.05) is 6.92 Å².